The van der Waals surface area contributed by atoms with E-state index in [-0.39, 0.29) is 0 Å². The van der Waals surface area contributed by atoms with Crippen LogP contribution in [0.3, 0.4) is 0 Å². The molecule has 1 aromatic carbocycles. The Labute approximate surface area is 82.6 Å². The molecule has 0 heterocycles. The van der Waals surface area contributed by atoms with E-state index in [9.17, 15) is 0 Å². The van der Waals surface area contributed by atoms with Crippen molar-refractivity contribution in [2.75, 3.05) is 7.05 Å². The van der Waals surface area contributed by atoms with Gasteiger partial charge in [-0.2, -0.15) is 0 Å². The zero-order valence-corrected chi connectivity index (χ0v) is 8.54. The van der Waals surface area contributed by atoms with E-state index in [2.05, 4.69) is 17.4 Å². The summed E-state index contributed by atoms with van der Waals surface area (Å²) in [5, 5.41) is 2.93. The molecule has 0 fully saturated rings. The smallest absolute Gasteiger partial charge is 0.133 e. The molecule has 12 heavy (non-hydrogen) atoms. The van der Waals surface area contributed by atoms with Crippen LogP contribution in [0.2, 0.25) is 0 Å². The second-order valence-electron chi connectivity index (χ2n) is 2.31. The average molecular weight is 197 g/mol. The van der Waals surface area contributed by atoms with Gasteiger partial charge < -0.3 is 5.32 Å². The predicted octanol–water partition coefficient (Wildman–Crippen LogP) is 2.42. The molecule has 0 saturated heterocycles. The lowest BCUT2D eigenvalue weighted by Gasteiger charge is -2.01. The quantitative estimate of drug-likeness (QED) is 0.731. The van der Waals surface area contributed by atoms with Crippen LogP contribution < -0.4 is 5.32 Å². The standard InChI is InChI=1S/C9H11NS2/c1-10-9(11)12-7-8-5-3-2-4-6-8/h2-6H,7H2,1H3,(H,10,11). The maximum atomic E-state index is 5.01. The van der Waals surface area contributed by atoms with Crippen molar-refractivity contribution in [1.82, 2.24) is 5.32 Å². The molecule has 0 aliphatic rings. The molecule has 0 radical (unpaired) electrons. The number of thiocarbonyl (C=S) groups is 1. The number of benzene rings is 1. The summed E-state index contributed by atoms with van der Waals surface area (Å²) >= 11 is 6.66. The van der Waals surface area contributed by atoms with E-state index in [0.29, 0.717) is 0 Å². The Bertz CT molecular complexity index is 246. The zero-order chi connectivity index (χ0) is 8.81. The molecular weight excluding hydrogens is 186 g/mol. The molecule has 0 amide bonds. The van der Waals surface area contributed by atoms with Gasteiger partial charge in [-0.25, -0.2) is 0 Å². The van der Waals surface area contributed by atoms with Crippen LogP contribution in [0.25, 0.3) is 0 Å². The molecule has 64 valence electrons. The molecule has 0 aliphatic carbocycles. The highest BCUT2D eigenvalue weighted by atomic mass is 32.2. The second kappa shape index (κ2) is 5.17. The van der Waals surface area contributed by atoms with Gasteiger partial charge in [0, 0.05) is 12.8 Å². The molecule has 0 aromatic heterocycles. The van der Waals surface area contributed by atoms with Gasteiger partial charge in [0.2, 0.25) is 0 Å². The first-order valence-electron chi connectivity index (χ1n) is 3.71. The lowest BCUT2D eigenvalue weighted by atomic mass is 10.2. The molecule has 0 bridgehead atoms. The highest BCUT2D eigenvalue weighted by Crippen LogP contribution is 2.11. The van der Waals surface area contributed by atoms with Crippen molar-refractivity contribution >= 4 is 28.3 Å². The Hall–Kier alpha value is -0.540. The summed E-state index contributed by atoms with van der Waals surface area (Å²) < 4.78 is 0.846. The van der Waals surface area contributed by atoms with Gasteiger partial charge in [0.1, 0.15) is 4.32 Å². The Balaban J connectivity index is 2.38. The Morgan fingerprint density at radius 3 is 2.67 bits per heavy atom. The third-order valence-corrected chi connectivity index (χ3v) is 2.92. The first-order valence-corrected chi connectivity index (χ1v) is 5.11. The van der Waals surface area contributed by atoms with E-state index in [1.165, 1.54) is 5.56 Å². The van der Waals surface area contributed by atoms with E-state index in [0.717, 1.165) is 10.1 Å². The van der Waals surface area contributed by atoms with E-state index < -0.39 is 0 Å². The van der Waals surface area contributed by atoms with Crippen LogP contribution in [0, 0.1) is 0 Å². The van der Waals surface area contributed by atoms with Crippen LogP contribution in [0.5, 0.6) is 0 Å². The molecule has 1 aromatic rings. The van der Waals surface area contributed by atoms with E-state index in [4.69, 9.17) is 12.2 Å². The fourth-order valence-electron chi connectivity index (χ4n) is 0.795. The Morgan fingerprint density at radius 1 is 1.42 bits per heavy atom. The summed E-state index contributed by atoms with van der Waals surface area (Å²) in [4.78, 5) is 0. The number of hydrogen-bond donors (Lipinski definition) is 1. The third-order valence-electron chi connectivity index (χ3n) is 1.42. The van der Waals surface area contributed by atoms with Crippen molar-refractivity contribution in [2.45, 2.75) is 5.75 Å². The predicted molar refractivity (Wildman–Crippen MR) is 59.4 cm³/mol. The summed E-state index contributed by atoms with van der Waals surface area (Å²) in [5.41, 5.74) is 1.31. The molecule has 1 rings (SSSR count). The highest BCUT2D eigenvalue weighted by molar-refractivity contribution is 8.22. The maximum Gasteiger partial charge on any atom is 0.133 e. The van der Waals surface area contributed by atoms with Crippen LogP contribution in [-0.2, 0) is 5.75 Å². The van der Waals surface area contributed by atoms with Gasteiger partial charge >= 0.3 is 0 Å². The van der Waals surface area contributed by atoms with Gasteiger partial charge in [-0.05, 0) is 5.56 Å². The molecule has 0 spiro atoms. The normalized spacial score (nSPS) is 9.42. The van der Waals surface area contributed by atoms with Crippen molar-refractivity contribution in [3.05, 3.63) is 35.9 Å². The van der Waals surface area contributed by atoms with Crippen LogP contribution in [0.1, 0.15) is 5.56 Å². The molecule has 0 unspecified atom stereocenters. The minimum atomic E-state index is 0.846. The first kappa shape index (κ1) is 9.55. The fourth-order valence-corrected chi connectivity index (χ4v) is 1.61. The third kappa shape index (κ3) is 3.24. The second-order valence-corrected chi connectivity index (χ2v) is 3.96. The van der Waals surface area contributed by atoms with Gasteiger partial charge in [0.25, 0.3) is 0 Å². The van der Waals surface area contributed by atoms with E-state index >= 15 is 0 Å². The molecule has 1 N–H and O–H groups in total. The van der Waals surface area contributed by atoms with Crippen LogP contribution in [-0.4, -0.2) is 11.4 Å². The summed E-state index contributed by atoms with van der Waals surface area (Å²) in [6.45, 7) is 0. The summed E-state index contributed by atoms with van der Waals surface area (Å²) in [7, 11) is 1.85. The SMILES string of the molecule is CNC(=S)SCc1ccccc1. The minimum absolute atomic E-state index is 0.846. The topological polar surface area (TPSA) is 12.0 Å². The fraction of sp³-hybridized carbons (Fsp3) is 0.222. The largest absolute Gasteiger partial charge is 0.374 e. The molecule has 1 nitrogen and oxygen atoms in total. The van der Waals surface area contributed by atoms with Crippen LogP contribution in [0.15, 0.2) is 30.3 Å². The lowest BCUT2D eigenvalue weighted by molar-refractivity contribution is 1.23. The van der Waals surface area contributed by atoms with Gasteiger partial charge in [-0.1, -0.05) is 54.3 Å². The average Bonchev–Trinajstić information content (AvgIpc) is 2.16. The maximum absolute atomic E-state index is 5.01. The number of rotatable bonds is 2. The molecule has 0 aliphatic heterocycles. The molecule has 0 saturated carbocycles. The molecular formula is C9H11NS2. The van der Waals surface area contributed by atoms with Crippen LogP contribution >= 0.6 is 24.0 Å². The van der Waals surface area contributed by atoms with E-state index in [1.807, 2.05) is 25.2 Å². The molecule has 0 atom stereocenters. The highest BCUT2D eigenvalue weighted by Gasteiger charge is 1.94. The number of nitrogens with one attached hydrogen (secondary N) is 1. The minimum Gasteiger partial charge on any atom is -0.374 e. The van der Waals surface area contributed by atoms with Gasteiger partial charge in [-0.3, -0.25) is 0 Å². The van der Waals surface area contributed by atoms with Crippen molar-refractivity contribution < 1.29 is 0 Å². The lowest BCUT2D eigenvalue weighted by Crippen LogP contribution is -2.10. The summed E-state index contributed by atoms with van der Waals surface area (Å²) in [6, 6.07) is 10.3. The van der Waals surface area contributed by atoms with Crippen LogP contribution in [0.4, 0.5) is 0 Å². The Kier molecular flexibility index (Phi) is 4.11. The van der Waals surface area contributed by atoms with E-state index in [1.54, 1.807) is 11.8 Å². The number of hydrogen-bond acceptors (Lipinski definition) is 2. The van der Waals surface area contributed by atoms with Crippen molar-refractivity contribution in [2.24, 2.45) is 0 Å². The zero-order valence-electron chi connectivity index (χ0n) is 6.91. The van der Waals surface area contributed by atoms with Crippen molar-refractivity contribution in [3.63, 3.8) is 0 Å². The summed E-state index contributed by atoms with van der Waals surface area (Å²) in [6.07, 6.45) is 0. The van der Waals surface area contributed by atoms with Gasteiger partial charge in [0.15, 0.2) is 0 Å². The Morgan fingerprint density at radius 2 is 2.08 bits per heavy atom. The molecule has 3 heteroatoms. The first-order chi connectivity index (χ1) is 5.83. The summed E-state index contributed by atoms with van der Waals surface area (Å²) in [5.74, 6) is 0.945. The van der Waals surface area contributed by atoms with Crippen molar-refractivity contribution in [3.8, 4) is 0 Å². The number of thioether (sulfide) groups is 1. The van der Waals surface area contributed by atoms with Crippen molar-refractivity contribution in [1.29, 1.82) is 0 Å². The monoisotopic (exact) mass is 197 g/mol. The van der Waals surface area contributed by atoms with Gasteiger partial charge in [-0.15, -0.1) is 0 Å². The van der Waals surface area contributed by atoms with Gasteiger partial charge in [0.05, 0.1) is 0 Å².